The molecule has 0 atom stereocenters. The first-order chi connectivity index (χ1) is 8.15. The minimum atomic E-state index is -0.432. The fourth-order valence-electron chi connectivity index (χ4n) is 1.30. The molecule has 2 aromatic rings. The van der Waals surface area contributed by atoms with Gasteiger partial charge in [-0.1, -0.05) is 23.7 Å². The molecule has 1 heterocycles. The van der Waals surface area contributed by atoms with Crippen LogP contribution in [0.5, 0.6) is 0 Å². The predicted molar refractivity (Wildman–Crippen MR) is 63.6 cm³/mol. The molecule has 1 aromatic carbocycles. The monoisotopic (exact) mass is 250 g/mol. The Morgan fingerprint density at radius 2 is 2.00 bits per heavy atom. The van der Waals surface area contributed by atoms with E-state index >= 15 is 0 Å². The van der Waals surface area contributed by atoms with E-state index in [1.807, 2.05) is 0 Å². The smallest absolute Gasteiger partial charge is 0.274 e. The molecule has 0 spiro atoms. The summed E-state index contributed by atoms with van der Waals surface area (Å²) in [7, 11) is 0. The first-order valence-corrected chi connectivity index (χ1v) is 5.22. The highest BCUT2D eigenvalue weighted by atomic mass is 35.5. The lowest BCUT2D eigenvalue weighted by Crippen LogP contribution is -2.13. The summed E-state index contributed by atoms with van der Waals surface area (Å²) >= 11 is 5.67. The van der Waals surface area contributed by atoms with Crippen molar-refractivity contribution in [3.63, 3.8) is 0 Å². The molecule has 0 aliphatic carbocycles. The molecule has 0 aliphatic heterocycles. The predicted octanol–water partition coefficient (Wildman–Crippen LogP) is 3.13. The van der Waals surface area contributed by atoms with Crippen molar-refractivity contribution in [1.82, 2.24) is 4.98 Å². The molecule has 0 bridgehead atoms. The van der Waals surface area contributed by atoms with E-state index in [0.717, 1.165) is 0 Å². The molecular formula is C12H8ClFN2O. The molecule has 0 unspecified atom stereocenters. The SMILES string of the molecule is O=C(Nc1cccc(F)c1)c1cccc(Cl)n1. The molecule has 0 radical (unpaired) electrons. The van der Waals surface area contributed by atoms with Gasteiger partial charge in [0.15, 0.2) is 0 Å². The van der Waals surface area contributed by atoms with E-state index in [1.165, 1.54) is 24.3 Å². The van der Waals surface area contributed by atoms with E-state index in [2.05, 4.69) is 10.3 Å². The lowest BCUT2D eigenvalue weighted by atomic mass is 10.3. The molecule has 1 N–H and O–H groups in total. The Labute approximate surface area is 102 Å². The number of carbonyl (C=O) groups is 1. The largest absolute Gasteiger partial charge is 0.321 e. The molecule has 3 nitrogen and oxygen atoms in total. The molecule has 1 amide bonds. The summed E-state index contributed by atoms with van der Waals surface area (Å²) in [4.78, 5) is 15.6. The number of hydrogen-bond acceptors (Lipinski definition) is 2. The van der Waals surface area contributed by atoms with Crippen LogP contribution in [0.4, 0.5) is 10.1 Å². The molecule has 17 heavy (non-hydrogen) atoms. The van der Waals surface area contributed by atoms with Gasteiger partial charge in [0.1, 0.15) is 16.7 Å². The van der Waals surface area contributed by atoms with Gasteiger partial charge in [0.2, 0.25) is 0 Å². The number of nitrogens with one attached hydrogen (secondary N) is 1. The Kier molecular flexibility index (Phi) is 3.35. The van der Waals surface area contributed by atoms with Gasteiger partial charge in [-0.2, -0.15) is 0 Å². The fourth-order valence-corrected chi connectivity index (χ4v) is 1.46. The highest BCUT2D eigenvalue weighted by molar-refractivity contribution is 6.29. The first-order valence-electron chi connectivity index (χ1n) is 4.84. The molecule has 86 valence electrons. The molecule has 5 heteroatoms. The van der Waals surface area contributed by atoms with E-state index in [0.29, 0.717) is 5.69 Å². The summed E-state index contributed by atoms with van der Waals surface area (Å²) in [5.74, 6) is -0.847. The van der Waals surface area contributed by atoms with Gasteiger partial charge in [-0.3, -0.25) is 4.79 Å². The van der Waals surface area contributed by atoms with Gasteiger partial charge in [-0.25, -0.2) is 9.37 Å². The Bertz CT molecular complexity index is 560. The summed E-state index contributed by atoms with van der Waals surface area (Å²) in [5, 5.41) is 2.76. The molecule has 2 rings (SSSR count). The minimum absolute atomic E-state index is 0.182. The van der Waals surface area contributed by atoms with Crippen molar-refractivity contribution in [2.45, 2.75) is 0 Å². The maximum atomic E-state index is 12.9. The molecule has 1 aromatic heterocycles. The van der Waals surface area contributed by atoms with Crippen molar-refractivity contribution in [2.75, 3.05) is 5.32 Å². The van der Waals surface area contributed by atoms with Crippen molar-refractivity contribution in [1.29, 1.82) is 0 Å². The van der Waals surface area contributed by atoms with Crippen LogP contribution >= 0.6 is 11.6 Å². The molecule has 0 saturated heterocycles. The van der Waals surface area contributed by atoms with Crippen molar-refractivity contribution in [3.05, 3.63) is 59.1 Å². The average molecular weight is 251 g/mol. The topological polar surface area (TPSA) is 42.0 Å². The standard InChI is InChI=1S/C12H8ClFN2O/c13-11-6-2-5-10(16-11)12(17)15-9-4-1-3-8(14)7-9/h1-7H,(H,15,17). The molecule has 0 saturated carbocycles. The van der Waals surface area contributed by atoms with E-state index < -0.39 is 11.7 Å². The van der Waals surface area contributed by atoms with Crippen LogP contribution in [0.15, 0.2) is 42.5 Å². The van der Waals surface area contributed by atoms with Gasteiger partial charge in [-0.05, 0) is 30.3 Å². The number of halogens is 2. The zero-order chi connectivity index (χ0) is 12.3. The Balaban J connectivity index is 2.17. The van der Waals surface area contributed by atoms with Crippen LogP contribution in [0, 0.1) is 5.82 Å². The summed E-state index contributed by atoms with van der Waals surface area (Å²) in [6, 6.07) is 10.3. The summed E-state index contributed by atoms with van der Waals surface area (Å²) in [6.45, 7) is 0. The zero-order valence-electron chi connectivity index (χ0n) is 8.65. The number of rotatable bonds is 2. The third kappa shape index (κ3) is 3.01. The van der Waals surface area contributed by atoms with Crippen LogP contribution in [0.2, 0.25) is 5.15 Å². The van der Waals surface area contributed by atoms with Crippen molar-refractivity contribution in [3.8, 4) is 0 Å². The van der Waals surface area contributed by atoms with E-state index in [4.69, 9.17) is 11.6 Å². The van der Waals surface area contributed by atoms with E-state index in [-0.39, 0.29) is 10.8 Å². The maximum Gasteiger partial charge on any atom is 0.274 e. The minimum Gasteiger partial charge on any atom is -0.321 e. The normalized spacial score (nSPS) is 10.0. The number of benzene rings is 1. The number of anilines is 1. The van der Waals surface area contributed by atoms with Crippen LogP contribution in [0.25, 0.3) is 0 Å². The van der Waals surface area contributed by atoms with Crippen LogP contribution in [0.1, 0.15) is 10.5 Å². The quantitative estimate of drug-likeness (QED) is 0.832. The molecule has 0 fully saturated rings. The van der Waals surface area contributed by atoms with Crippen molar-refractivity contribution >= 4 is 23.2 Å². The van der Waals surface area contributed by atoms with Gasteiger partial charge in [0.05, 0.1) is 0 Å². The van der Waals surface area contributed by atoms with Gasteiger partial charge >= 0.3 is 0 Å². The number of aromatic nitrogens is 1. The van der Waals surface area contributed by atoms with Gasteiger partial charge in [0, 0.05) is 5.69 Å². The maximum absolute atomic E-state index is 12.9. The van der Waals surface area contributed by atoms with Crippen molar-refractivity contribution < 1.29 is 9.18 Å². The number of amides is 1. The van der Waals surface area contributed by atoms with Gasteiger partial charge in [-0.15, -0.1) is 0 Å². The van der Waals surface area contributed by atoms with Crippen LogP contribution in [-0.4, -0.2) is 10.9 Å². The third-order valence-corrected chi connectivity index (χ3v) is 2.24. The van der Waals surface area contributed by atoms with E-state index in [9.17, 15) is 9.18 Å². The van der Waals surface area contributed by atoms with Crippen LogP contribution in [-0.2, 0) is 0 Å². The Hall–Kier alpha value is -1.94. The lowest BCUT2D eigenvalue weighted by molar-refractivity contribution is 0.102. The zero-order valence-corrected chi connectivity index (χ0v) is 9.41. The molecular weight excluding hydrogens is 243 g/mol. The Morgan fingerprint density at radius 1 is 1.24 bits per heavy atom. The van der Waals surface area contributed by atoms with Gasteiger partial charge in [0.25, 0.3) is 5.91 Å². The summed E-state index contributed by atoms with van der Waals surface area (Å²) < 4.78 is 12.9. The second-order valence-corrected chi connectivity index (χ2v) is 3.70. The lowest BCUT2D eigenvalue weighted by Gasteiger charge is -2.04. The van der Waals surface area contributed by atoms with E-state index in [1.54, 1.807) is 18.2 Å². The number of carbonyl (C=O) groups excluding carboxylic acids is 1. The number of hydrogen-bond donors (Lipinski definition) is 1. The van der Waals surface area contributed by atoms with Crippen molar-refractivity contribution in [2.24, 2.45) is 0 Å². The number of nitrogens with zero attached hydrogens (tertiary/aromatic N) is 1. The fraction of sp³-hybridized carbons (Fsp3) is 0. The summed E-state index contributed by atoms with van der Waals surface area (Å²) in [5.41, 5.74) is 0.554. The first kappa shape index (κ1) is 11.5. The molecule has 0 aliphatic rings. The Morgan fingerprint density at radius 3 is 2.71 bits per heavy atom. The second-order valence-electron chi connectivity index (χ2n) is 3.31. The highest BCUT2D eigenvalue weighted by Gasteiger charge is 2.08. The third-order valence-electron chi connectivity index (χ3n) is 2.03. The summed E-state index contributed by atoms with van der Waals surface area (Å²) in [6.07, 6.45) is 0. The average Bonchev–Trinajstić information content (AvgIpc) is 2.29. The second kappa shape index (κ2) is 4.93. The van der Waals surface area contributed by atoms with Crippen LogP contribution < -0.4 is 5.32 Å². The van der Waals surface area contributed by atoms with Gasteiger partial charge < -0.3 is 5.32 Å². The number of pyridine rings is 1. The van der Waals surface area contributed by atoms with Crippen LogP contribution in [0.3, 0.4) is 0 Å². The highest BCUT2D eigenvalue weighted by Crippen LogP contribution is 2.11.